The number of amides is 2. The van der Waals surface area contributed by atoms with Crippen molar-refractivity contribution in [2.24, 2.45) is 5.92 Å². The zero-order chi connectivity index (χ0) is 20.2. The lowest BCUT2D eigenvalue weighted by molar-refractivity contribution is -0.144. The summed E-state index contributed by atoms with van der Waals surface area (Å²) in [6, 6.07) is 0. The number of nitrogens with zero attached hydrogens (tertiary/aromatic N) is 1. The number of hydrogen-bond acceptors (Lipinski definition) is 4. The molecule has 0 aromatic heterocycles. The van der Waals surface area contributed by atoms with Gasteiger partial charge in [0.1, 0.15) is 12.1 Å². The summed E-state index contributed by atoms with van der Waals surface area (Å²) in [7, 11) is 0. The molecule has 0 aromatic rings. The molecule has 2 N–H and O–H groups in total. The maximum Gasteiger partial charge on any atom is 0.407 e. The van der Waals surface area contributed by atoms with E-state index in [4.69, 9.17) is 9.84 Å². The number of carboxylic acids is 1. The van der Waals surface area contributed by atoms with Crippen molar-refractivity contribution in [3.63, 3.8) is 0 Å². The molecule has 0 saturated carbocycles. The van der Waals surface area contributed by atoms with Gasteiger partial charge in [-0.15, -0.1) is 0 Å². The molecule has 0 rings (SSSR count). The van der Waals surface area contributed by atoms with Gasteiger partial charge in [-0.2, -0.15) is 0 Å². The van der Waals surface area contributed by atoms with E-state index in [1.165, 1.54) is 4.90 Å². The summed E-state index contributed by atoms with van der Waals surface area (Å²) in [4.78, 5) is 36.1. The summed E-state index contributed by atoms with van der Waals surface area (Å²) in [5.41, 5.74) is -0.503. The molecule has 7 nitrogen and oxygen atoms in total. The van der Waals surface area contributed by atoms with Crippen LogP contribution in [-0.2, 0) is 14.3 Å². The van der Waals surface area contributed by atoms with Gasteiger partial charge in [0, 0.05) is 19.5 Å². The van der Waals surface area contributed by atoms with Gasteiger partial charge in [-0.05, 0) is 46.0 Å². The van der Waals surface area contributed by atoms with E-state index in [0.29, 0.717) is 19.5 Å². The van der Waals surface area contributed by atoms with Crippen molar-refractivity contribution >= 4 is 18.0 Å². The van der Waals surface area contributed by atoms with Crippen LogP contribution in [0.15, 0.2) is 0 Å². The molecule has 0 fully saturated rings. The van der Waals surface area contributed by atoms with Crippen LogP contribution in [0.1, 0.15) is 73.1 Å². The highest BCUT2D eigenvalue weighted by Crippen LogP contribution is 2.12. The molecule has 0 aromatic carbocycles. The van der Waals surface area contributed by atoms with Gasteiger partial charge in [-0.3, -0.25) is 9.59 Å². The lowest BCUT2D eigenvalue weighted by atomic mass is 10.0. The molecule has 0 bridgehead atoms. The Morgan fingerprint density at radius 2 is 1.81 bits per heavy atom. The number of alkyl carbamates (subject to hydrolysis) is 1. The fourth-order valence-corrected chi connectivity index (χ4v) is 2.49. The predicted molar refractivity (Wildman–Crippen MR) is 101 cm³/mol. The summed E-state index contributed by atoms with van der Waals surface area (Å²) < 4.78 is 5.16. The number of rotatable bonds is 12. The van der Waals surface area contributed by atoms with Gasteiger partial charge >= 0.3 is 12.1 Å². The Hall–Kier alpha value is -1.79. The molecule has 2 amide bonds. The second-order valence-corrected chi connectivity index (χ2v) is 7.80. The minimum atomic E-state index is -0.983. The third-order valence-corrected chi connectivity index (χ3v) is 3.75. The molecule has 0 unspecified atom stereocenters. The summed E-state index contributed by atoms with van der Waals surface area (Å²) >= 11 is 0. The van der Waals surface area contributed by atoms with E-state index in [9.17, 15) is 14.4 Å². The zero-order valence-electron chi connectivity index (χ0n) is 17.0. The fraction of sp³-hybridized carbons (Fsp3) is 0.842. The average molecular weight is 373 g/mol. The Morgan fingerprint density at radius 3 is 2.35 bits per heavy atom. The number of ether oxygens (including phenoxy) is 1. The summed E-state index contributed by atoms with van der Waals surface area (Å²) in [6.07, 6.45) is 4.24. The first kappa shape index (κ1) is 24.2. The molecule has 0 aliphatic carbocycles. The number of hydrogen-bond donors (Lipinski definition) is 2. The number of aliphatic carboxylic acids is 1. The zero-order valence-corrected chi connectivity index (χ0v) is 17.0. The van der Waals surface area contributed by atoms with Gasteiger partial charge in [0.15, 0.2) is 0 Å². The van der Waals surface area contributed by atoms with E-state index in [0.717, 1.165) is 32.1 Å². The molecule has 26 heavy (non-hydrogen) atoms. The molecule has 0 aliphatic heterocycles. The van der Waals surface area contributed by atoms with Crippen LogP contribution in [0.4, 0.5) is 4.79 Å². The second-order valence-electron chi connectivity index (χ2n) is 7.80. The Morgan fingerprint density at radius 1 is 1.15 bits per heavy atom. The Kier molecular flexibility index (Phi) is 11.7. The van der Waals surface area contributed by atoms with Crippen LogP contribution < -0.4 is 5.32 Å². The van der Waals surface area contributed by atoms with Crippen LogP contribution in [0.2, 0.25) is 0 Å². The van der Waals surface area contributed by atoms with E-state index in [2.05, 4.69) is 5.32 Å². The minimum Gasteiger partial charge on any atom is -0.480 e. The summed E-state index contributed by atoms with van der Waals surface area (Å²) in [6.45, 7) is 10.2. The minimum absolute atomic E-state index is 0.0901. The van der Waals surface area contributed by atoms with Crippen LogP contribution in [0.5, 0.6) is 0 Å². The van der Waals surface area contributed by atoms with Gasteiger partial charge < -0.3 is 20.1 Å². The lowest BCUT2D eigenvalue weighted by Crippen LogP contribution is -2.38. The molecule has 0 spiro atoms. The number of unbranched alkanes of at least 4 members (excludes halogenated alkanes) is 2. The number of carbonyl (C=O) groups is 3. The Balaban J connectivity index is 4.12. The van der Waals surface area contributed by atoms with Gasteiger partial charge in [-0.25, -0.2) is 4.79 Å². The van der Waals surface area contributed by atoms with Crippen molar-refractivity contribution in [1.82, 2.24) is 10.2 Å². The predicted octanol–water partition coefficient (Wildman–Crippen LogP) is 3.42. The highest BCUT2D eigenvalue weighted by Gasteiger charge is 2.19. The Bertz CT molecular complexity index is 446. The molecule has 0 aliphatic rings. The SMILES string of the molecule is CCCCC(=O)N(CC(=O)O)C[C@@H](C)CCCCNC(=O)OC(C)(C)C. The second kappa shape index (κ2) is 12.5. The maximum atomic E-state index is 12.1. The van der Waals surface area contributed by atoms with Crippen LogP contribution in [0.3, 0.4) is 0 Å². The van der Waals surface area contributed by atoms with Crippen LogP contribution in [-0.4, -0.2) is 53.2 Å². The first-order valence-electron chi connectivity index (χ1n) is 9.51. The average Bonchev–Trinajstić information content (AvgIpc) is 2.49. The molecule has 7 heteroatoms. The van der Waals surface area contributed by atoms with E-state index >= 15 is 0 Å². The number of carbonyl (C=O) groups excluding carboxylic acids is 2. The highest BCUT2D eigenvalue weighted by molar-refractivity contribution is 5.81. The summed E-state index contributed by atoms with van der Waals surface area (Å²) in [5, 5.41) is 11.7. The van der Waals surface area contributed by atoms with Crippen LogP contribution in [0.25, 0.3) is 0 Å². The van der Waals surface area contributed by atoms with Crippen LogP contribution >= 0.6 is 0 Å². The van der Waals surface area contributed by atoms with E-state index in [1.807, 2.05) is 34.6 Å². The monoisotopic (exact) mass is 372 g/mol. The van der Waals surface area contributed by atoms with Gasteiger partial charge in [0.25, 0.3) is 0 Å². The Labute approximate surface area is 157 Å². The van der Waals surface area contributed by atoms with E-state index in [-0.39, 0.29) is 18.4 Å². The van der Waals surface area contributed by atoms with Crippen LogP contribution in [0, 0.1) is 5.92 Å². The van der Waals surface area contributed by atoms with Gasteiger partial charge in [-0.1, -0.05) is 26.7 Å². The third kappa shape index (κ3) is 13.5. The number of carboxylic acid groups (broad SMARTS) is 1. The molecule has 0 radical (unpaired) electrons. The van der Waals surface area contributed by atoms with E-state index < -0.39 is 17.7 Å². The molecule has 1 atom stereocenters. The van der Waals surface area contributed by atoms with Crippen molar-refractivity contribution in [3.05, 3.63) is 0 Å². The van der Waals surface area contributed by atoms with Gasteiger partial charge in [0.2, 0.25) is 5.91 Å². The molecule has 0 heterocycles. The smallest absolute Gasteiger partial charge is 0.407 e. The number of nitrogens with one attached hydrogen (secondary N) is 1. The van der Waals surface area contributed by atoms with E-state index in [1.54, 1.807) is 0 Å². The highest BCUT2D eigenvalue weighted by atomic mass is 16.6. The fourth-order valence-electron chi connectivity index (χ4n) is 2.49. The van der Waals surface area contributed by atoms with Gasteiger partial charge in [0.05, 0.1) is 0 Å². The topological polar surface area (TPSA) is 95.9 Å². The molecular formula is C19H36N2O5. The molecule has 0 saturated heterocycles. The van der Waals surface area contributed by atoms with Crippen molar-refractivity contribution in [2.45, 2.75) is 78.7 Å². The maximum absolute atomic E-state index is 12.1. The first-order chi connectivity index (χ1) is 12.0. The molecular weight excluding hydrogens is 336 g/mol. The quantitative estimate of drug-likeness (QED) is 0.512. The van der Waals surface area contributed by atoms with Crippen molar-refractivity contribution < 1.29 is 24.2 Å². The molecule has 152 valence electrons. The van der Waals surface area contributed by atoms with Crippen molar-refractivity contribution in [3.8, 4) is 0 Å². The standard InChI is InChI=1S/C19H36N2O5/c1-6-7-11-16(22)21(14-17(23)24)13-15(2)10-8-9-12-20-18(25)26-19(3,4)5/h15H,6-14H2,1-5H3,(H,20,25)(H,23,24)/t15-/m0/s1. The third-order valence-electron chi connectivity index (χ3n) is 3.75. The van der Waals surface area contributed by atoms with Crippen molar-refractivity contribution in [2.75, 3.05) is 19.6 Å². The largest absolute Gasteiger partial charge is 0.480 e. The normalized spacial score (nSPS) is 12.3. The lowest BCUT2D eigenvalue weighted by Gasteiger charge is -2.24. The van der Waals surface area contributed by atoms with Crippen molar-refractivity contribution in [1.29, 1.82) is 0 Å². The summed E-state index contributed by atoms with van der Waals surface area (Å²) in [5.74, 6) is -0.863. The first-order valence-corrected chi connectivity index (χ1v) is 9.51.